The Morgan fingerprint density at radius 2 is 1.94 bits per heavy atom. The molecular formula is C13H20N2OS. The van der Waals surface area contributed by atoms with Gasteiger partial charge in [0.05, 0.1) is 5.75 Å². The first-order valence-electron chi connectivity index (χ1n) is 5.58. The van der Waals surface area contributed by atoms with Crippen molar-refractivity contribution in [2.75, 3.05) is 23.5 Å². The lowest BCUT2D eigenvalue weighted by Crippen LogP contribution is -2.36. The molecule has 94 valence electrons. The van der Waals surface area contributed by atoms with Crippen LogP contribution in [0.3, 0.4) is 0 Å². The minimum Gasteiger partial charge on any atom is -0.325 e. The van der Waals surface area contributed by atoms with Gasteiger partial charge in [0.25, 0.3) is 0 Å². The highest BCUT2D eigenvalue weighted by Crippen LogP contribution is 2.14. The van der Waals surface area contributed by atoms with E-state index in [4.69, 9.17) is 5.73 Å². The topological polar surface area (TPSA) is 46.3 Å². The first-order chi connectivity index (χ1) is 7.90. The van der Waals surface area contributed by atoms with Crippen molar-refractivity contribution >= 4 is 23.4 Å². The van der Waals surface area contributed by atoms with Crippen LogP contribution in [0.15, 0.2) is 30.3 Å². The average molecular weight is 252 g/mol. The van der Waals surface area contributed by atoms with Crippen molar-refractivity contribution in [1.82, 2.24) is 0 Å². The molecule has 2 N–H and O–H groups in total. The number of carbonyl (C=O) groups excluding carboxylic acids is 1. The second kappa shape index (κ2) is 6.07. The summed E-state index contributed by atoms with van der Waals surface area (Å²) in [7, 11) is 1.80. The van der Waals surface area contributed by atoms with E-state index in [1.807, 2.05) is 44.2 Å². The number of carbonyl (C=O) groups is 1. The highest BCUT2D eigenvalue weighted by Gasteiger charge is 2.14. The highest BCUT2D eigenvalue weighted by atomic mass is 32.2. The number of hydrogen-bond acceptors (Lipinski definition) is 3. The molecule has 0 radical (unpaired) electrons. The van der Waals surface area contributed by atoms with Crippen LogP contribution in [0.4, 0.5) is 5.69 Å². The molecule has 0 aliphatic rings. The van der Waals surface area contributed by atoms with Crippen molar-refractivity contribution in [3.8, 4) is 0 Å². The summed E-state index contributed by atoms with van der Waals surface area (Å²) in [6.07, 6.45) is 0. The summed E-state index contributed by atoms with van der Waals surface area (Å²) in [4.78, 5) is 13.6. The summed E-state index contributed by atoms with van der Waals surface area (Å²) in [5.41, 5.74) is 6.56. The molecule has 0 saturated carbocycles. The molecule has 0 atom stereocenters. The van der Waals surface area contributed by atoms with E-state index in [-0.39, 0.29) is 11.4 Å². The Bertz CT molecular complexity index is 359. The zero-order valence-electron chi connectivity index (χ0n) is 10.6. The third kappa shape index (κ3) is 5.24. The molecule has 1 aromatic rings. The zero-order chi connectivity index (χ0) is 12.9. The van der Waals surface area contributed by atoms with Gasteiger partial charge < -0.3 is 10.6 Å². The van der Waals surface area contributed by atoms with Crippen LogP contribution in [0.1, 0.15) is 13.8 Å². The number of thioether (sulfide) groups is 1. The fourth-order valence-corrected chi connectivity index (χ4v) is 2.29. The number of rotatable bonds is 5. The monoisotopic (exact) mass is 252 g/mol. The maximum Gasteiger partial charge on any atom is 0.236 e. The van der Waals surface area contributed by atoms with Crippen LogP contribution in [0.25, 0.3) is 0 Å². The van der Waals surface area contributed by atoms with Crippen molar-refractivity contribution in [3.63, 3.8) is 0 Å². The summed E-state index contributed by atoms with van der Waals surface area (Å²) < 4.78 is 0. The smallest absolute Gasteiger partial charge is 0.236 e. The predicted octanol–water partition coefficient (Wildman–Crippen LogP) is 2.12. The van der Waals surface area contributed by atoms with Gasteiger partial charge in [0.15, 0.2) is 0 Å². The van der Waals surface area contributed by atoms with Gasteiger partial charge in [-0.2, -0.15) is 11.8 Å². The van der Waals surface area contributed by atoms with E-state index >= 15 is 0 Å². The molecule has 0 aliphatic carbocycles. The maximum atomic E-state index is 11.9. The SMILES string of the molecule is CN(C(=O)CSCC(C)(C)N)c1ccccc1. The number of anilines is 1. The van der Waals surface area contributed by atoms with Gasteiger partial charge in [-0.05, 0) is 26.0 Å². The molecule has 4 heteroatoms. The normalized spacial score (nSPS) is 11.3. The lowest BCUT2D eigenvalue weighted by Gasteiger charge is -2.20. The minimum absolute atomic E-state index is 0.102. The number of amides is 1. The molecule has 0 bridgehead atoms. The lowest BCUT2D eigenvalue weighted by molar-refractivity contribution is -0.115. The molecule has 0 heterocycles. The number of para-hydroxylation sites is 1. The first kappa shape index (κ1) is 14.1. The van der Waals surface area contributed by atoms with Crippen LogP contribution in [-0.4, -0.2) is 30.0 Å². The van der Waals surface area contributed by atoms with E-state index in [2.05, 4.69) is 0 Å². The predicted molar refractivity (Wildman–Crippen MR) is 75.4 cm³/mol. The Hall–Kier alpha value is -1.00. The molecule has 0 spiro atoms. The molecule has 0 fully saturated rings. The number of benzene rings is 1. The molecule has 3 nitrogen and oxygen atoms in total. The molecule has 0 saturated heterocycles. The van der Waals surface area contributed by atoms with Gasteiger partial charge in [0.2, 0.25) is 5.91 Å². The van der Waals surface area contributed by atoms with E-state index in [1.54, 1.807) is 23.7 Å². The maximum absolute atomic E-state index is 11.9. The van der Waals surface area contributed by atoms with E-state index < -0.39 is 0 Å². The molecule has 1 rings (SSSR count). The van der Waals surface area contributed by atoms with Crippen molar-refractivity contribution in [2.45, 2.75) is 19.4 Å². The van der Waals surface area contributed by atoms with E-state index in [9.17, 15) is 4.79 Å². The average Bonchev–Trinajstić information content (AvgIpc) is 2.27. The van der Waals surface area contributed by atoms with Gasteiger partial charge in [0.1, 0.15) is 0 Å². The number of nitrogens with two attached hydrogens (primary N) is 1. The van der Waals surface area contributed by atoms with E-state index in [0.717, 1.165) is 11.4 Å². The van der Waals surface area contributed by atoms with Crippen molar-refractivity contribution in [2.24, 2.45) is 5.73 Å². The molecule has 1 aromatic carbocycles. The van der Waals surface area contributed by atoms with Crippen molar-refractivity contribution in [1.29, 1.82) is 0 Å². The Morgan fingerprint density at radius 3 is 2.47 bits per heavy atom. The van der Waals surface area contributed by atoms with Gasteiger partial charge in [-0.15, -0.1) is 0 Å². The molecule has 1 amide bonds. The van der Waals surface area contributed by atoms with E-state index in [1.165, 1.54) is 0 Å². The molecule has 0 aliphatic heterocycles. The van der Waals surface area contributed by atoms with E-state index in [0.29, 0.717) is 5.75 Å². The summed E-state index contributed by atoms with van der Waals surface area (Å²) in [6.45, 7) is 3.93. The van der Waals surface area contributed by atoms with Gasteiger partial charge in [-0.1, -0.05) is 18.2 Å². The Morgan fingerprint density at radius 1 is 1.35 bits per heavy atom. The standard InChI is InChI=1S/C13H20N2OS/c1-13(2,14)10-17-9-12(16)15(3)11-7-5-4-6-8-11/h4-8H,9-10,14H2,1-3H3. The summed E-state index contributed by atoms with van der Waals surface area (Å²) in [6, 6.07) is 9.64. The van der Waals surface area contributed by atoms with Crippen LogP contribution >= 0.6 is 11.8 Å². The minimum atomic E-state index is -0.226. The fourth-order valence-electron chi connectivity index (χ4n) is 1.29. The zero-order valence-corrected chi connectivity index (χ0v) is 11.5. The van der Waals surface area contributed by atoms with Crippen LogP contribution in [0.5, 0.6) is 0 Å². The summed E-state index contributed by atoms with van der Waals surface area (Å²) >= 11 is 1.58. The molecule has 17 heavy (non-hydrogen) atoms. The Labute approximate surface area is 107 Å². The second-order valence-electron chi connectivity index (χ2n) is 4.77. The van der Waals surface area contributed by atoms with Crippen molar-refractivity contribution in [3.05, 3.63) is 30.3 Å². The number of hydrogen-bond donors (Lipinski definition) is 1. The van der Waals surface area contributed by atoms with Gasteiger partial charge >= 0.3 is 0 Å². The third-order valence-corrected chi connectivity index (χ3v) is 3.62. The van der Waals surface area contributed by atoms with Gasteiger partial charge in [0, 0.05) is 24.0 Å². The molecule has 0 aromatic heterocycles. The van der Waals surface area contributed by atoms with Gasteiger partial charge in [-0.25, -0.2) is 0 Å². The first-order valence-corrected chi connectivity index (χ1v) is 6.74. The Balaban J connectivity index is 2.43. The lowest BCUT2D eigenvalue weighted by atomic mass is 10.1. The van der Waals surface area contributed by atoms with Gasteiger partial charge in [-0.3, -0.25) is 4.79 Å². The number of nitrogens with zero attached hydrogens (tertiary/aromatic N) is 1. The van der Waals surface area contributed by atoms with Crippen LogP contribution in [0, 0.1) is 0 Å². The van der Waals surface area contributed by atoms with Crippen molar-refractivity contribution < 1.29 is 4.79 Å². The summed E-state index contributed by atoms with van der Waals surface area (Å²) in [5, 5.41) is 0. The summed E-state index contributed by atoms with van der Waals surface area (Å²) in [5.74, 6) is 1.35. The third-order valence-electron chi connectivity index (χ3n) is 2.22. The highest BCUT2D eigenvalue weighted by molar-refractivity contribution is 8.00. The molecule has 0 unspecified atom stereocenters. The Kier molecular flexibility index (Phi) is 5.02. The second-order valence-corrected chi connectivity index (χ2v) is 5.76. The quantitative estimate of drug-likeness (QED) is 0.873. The van der Waals surface area contributed by atoms with Crippen LogP contribution < -0.4 is 10.6 Å². The fraction of sp³-hybridized carbons (Fsp3) is 0.462. The van der Waals surface area contributed by atoms with Crippen LogP contribution in [-0.2, 0) is 4.79 Å². The molecular weight excluding hydrogens is 232 g/mol. The van der Waals surface area contributed by atoms with Crippen LogP contribution in [0.2, 0.25) is 0 Å². The largest absolute Gasteiger partial charge is 0.325 e.